The standard InChI is InChI=1S/C16H22N4O3/c1-5-12-11(13(6-2)23-20-12)9-17-16(21)19-15-14(22-4)8-7-10(3)18-15/h7-8H,5-6,9H2,1-4H3,(H2,17,18,19,21). The van der Waals surface area contributed by atoms with Gasteiger partial charge in [0.2, 0.25) is 0 Å². The van der Waals surface area contributed by atoms with Gasteiger partial charge in [0.15, 0.2) is 11.6 Å². The summed E-state index contributed by atoms with van der Waals surface area (Å²) in [6.07, 6.45) is 1.49. The lowest BCUT2D eigenvalue weighted by Crippen LogP contribution is -2.29. The number of aryl methyl sites for hydroxylation is 3. The van der Waals surface area contributed by atoms with Gasteiger partial charge >= 0.3 is 6.03 Å². The second-order valence-electron chi connectivity index (χ2n) is 5.05. The topological polar surface area (TPSA) is 89.3 Å². The molecule has 2 amide bonds. The summed E-state index contributed by atoms with van der Waals surface area (Å²) in [5, 5.41) is 9.54. The number of hydrogen-bond acceptors (Lipinski definition) is 5. The van der Waals surface area contributed by atoms with Gasteiger partial charge in [0.1, 0.15) is 5.76 Å². The number of carbonyl (C=O) groups excluding carboxylic acids is 1. The highest BCUT2D eigenvalue weighted by atomic mass is 16.5. The van der Waals surface area contributed by atoms with Crippen LogP contribution in [0.4, 0.5) is 10.6 Å². The van der Waals surface area contributed by atoms with E-state index >= 15 is 0 Å². The summed E-state index contributed by atoms with van der Waals surface area (Å²) in [5.41, 5.74) is 2.60. The van der Waals surface area contributed by atoms with Crippen molar-refractivity contribution in [2.75, 3.05) is 12.4 Å². The lowest BCUT2D eigenvalue weighted by atomic mass is 10.1. The Bertz CT molecular complexity index is 660. The molecule has 0 atom stereocenters. The fourth-order valence-electron chi connectivity index (χ4n) is 2.26. The molecule has 2 aromatic rings. The first kappa shape index (κ1) is 16.8. The maximum Gasteiger partial charge on any atom is 0.320 e. The van der Waals surface area contributed by atoms with Gasteiger partial charge in [0.05, 0.1) is 12.8 Å². The van der Waals surface area contributed by atoms with E-state index in [1.165, 1.54) is 7.11 Å². The highest BCUT2D eigenvalue weighted by Crippen LogP contribution is 2.21. The fourth-order valence-corrected chi connectivity index (χ4v) is 2.26. The number of aromatic nitrogens is 2. The quantitative estimate of drug-likeness (QED) is 0.855. The maximum atomic E-state index is 12.1. The third-order valence-corrected chi connectivity index (χ3v) is 3.48. The molecule has 2 rings (SSSR count). The van der Waals surface area contributed by atoms with Crippen LogP contribution in [0.3, 0.4) is 0 Å². The number of amides is 2. The third-order valence-electron chi connectivity index (χ3n) is 3.48. The van der Waals surface area contributed by atoms with Gasteiger partial charge in [-0.05, 0) is 25.5 Å². The first-order valence-corrected chi connectivity index (χ1v) is 7.61. The van der Waals surface area contributed by atoms with Crippen LogP contribution in [0.5, 0.6) is 5.75 Å². The summed E-state index contributed by atoms with van der Waals surface area (Å²) >= 11 is 0. The summed E-state index contributed by atoms with van der Waals surface area (Å²) in [6.45, 7) is 6.20. The van der Waals surface area contributed by atoms with Crippen LogP contribution in [0.25, 0.3) is 0 Å². The van der Waals surface area contributed by atoms with E-state index in [1.807, 2.05) is 26.8 Å². The predicted molar refractivity (Wildman–Crippen MR) is 86.6 cm³/mol. The Hall–Kier alpha value is -2.57. The van der Waals surface area contributed by atoms with E-state index in [4.69, 9.17) is 9.26 Å². The van der Waals surface area contributed by atoms with Gasteiger partial charge in [0, 0.05) is 24.2 Å². The minimum absolute atomic E-state index is 0.355. The average Bonchev–Trinajstić information content (AvgIpc) is 2.95. The van der Waals surface area contributed by atoms with Crippen molar-refractivity contribution in [3.8, 4) is 5.75 Å². The zero-order valence-electron chi connectivity index (χ0n) is 13.9. The number of pyridine rings is 1. The van der Waals surface area contributed by atoms with Crippen molar-refractivity contribution >= 4 is 11.8 Å². The van der Waals surface area contributed by atoms with Crippen LogP contribution in [0.1, 0.15) is 36.6 Å². The fraction of sp³-hybridized carbons (Fsp3) is 0.438. The van der Waals surface area contributed by atoms with Crippen molar-refractivity contribution in [3.63, 3.8) is 0 Å². The zero-order valence-corrected chi connectivity index (χ0v) is 13.9. The highest BCUT2D eigenvalue weighted by Gasteiger charge is 2.15. The minimum atomic E-state index is -0.355. The Morgan fingerprint density at radius 2 is 2.09 bits per heavy atom. The van der Waals surface area contributed by atoms with E-state index in [-0.39, 0.29) is 6.03 Å². The van der Waals surface area contributed by atoms with E-state index in [0.29, 0.717) is 18.1 Å². The van der Waals surface area contributed by atoms with Gasteiger partial charge in [-0.1, -0.05) is 19.0 Å². The molecule has 2 heterocycles. The molecule has 7 nitrogen and oxygen atoms in total. The monoisotopic (exact) mass is 318 g/mol. The molecule has 2 N–H and O–H groups in total. The minimum Gasteiger partial charge on any atom is -0.493 e. The highest BCUT2D eigenvalue weighted by molar-refractivity contribution is 5.89. The summed E-state index contributed by atoms with van der Waals surface area (Å²) in [5.74, 6) is 1.70. The molecule has 0 fully saturated rings. The predicted octanol–water partition coefficient (Wildman–Crippen LogP) is 2.83. The van der Waals surface area contributed by atoms with Crippen molar-refractivity contribution in [1.29, 1.82) is 0 Å². The number of methoxy groups -OCH3 is 1. The first-order chi connectivity index (χ1) is 11.1. The normalized spacial score (nSPS) is 10.4. The van der Waals surface area contributed by atoms with Crippen molar-refractivity contribution in [3.05, 3.63) is 34.8 Å². The van der Waals surface area contributed by atoms with E-state index < -0.39 is 0 Å². The van der Waals surface area contributed by atoms with Crippen LogP contribution in [-0.4, -0.2) is 23.3 Å². The number of anilines is 1. The van der Waals surface area contributed by atoms with Crippen molar-refractivity contribution < 1.29 is 14.1 Å². The van der Waals surface area contributed by atoms with Crippen molar-refractivity contribution in [1.82, 2.24) is 15.5 Å². The lowest BCUT2D eigenvalue weighted by Gasteiger charge is -2.11. The van der Waals surface area contributed by atoms with E-state index in [0.717, 1.165) is 35.6 Å². The van der Waals surface area contributed by atoms with E-state index in [1.54, 1.807) is 6.07 Å². The molecular formula is C16H22N4O3. The maximum absolute atomic E-state index is 12.1. The van der Waals surface area contributed by atoms with E-state index in [2.05, 4.69) is 20.8 Å². The molecule has 0 aliphatic heterocycles. The van der Waals surface area contributed by atoms with Gasteiger partial charge in [-0.3, -0.25) is 5.32 Å². The number of ether oxygens (including phenoxy) is 1. The van der Waals surface area contributed by atoms with Gasteiger partial charge in [0.25, 0.3) is 0 Å². The molecule has 0 bridgehead atoms. The number of nitrogens with one attached hydrogen (secondary N) is 2. The van der Waals surface area contributed by atoms with Crippen LogP contribution < -0.4 is 15.4 Å². The molecule has 0 radical (unpaired) electrons. The molecule has 2 aromatic heterocycles. The Labute approximate surface area is 135 Å². The average molecular weight is 318 g/mol. The van der Waals surface area contributed by atoms with Crippen LogP contribution in [-0.2, 0) is 19.4 Å². The molecule has 0 aromatic carbocycles. The van der Waals surface area contributed by atoms with Gasteiger partial charge < -0.3 is 14.6 Å². The smallest absolute Gasteiger partial charge is 0.320 e. The Morgan fingerprint density at radius 1 is 1.30 bits per heavy atom. The number of hydrogen-bond donors (Lipinski definition) is 2. The second kappa shape index (κ2) is 7.62. The SMILES string of the molecule is CCc1noc(CC)c1CNC(=O)Nc1nc(C)ccc1OC. The number of nitrogens with zero attached hydrogens (tertiary/aromatic N) is 2. The summed E-state index contributed by atoms with van der Waals surface area (Å²) in [7, 11) is 1.54. The van der Waals surface area contributed by atoms with Crippen LogP contribution >= 0.6 is 0 Å². The Kier molecular flexibility index (Phi) is 5.56. The van der Waals surface area contributed by atoms with E-state index in [9.17, 15) is 4.79 Å². The molecule has 0 saturated carbocycles. The Balaban J connectivity index is 2.04. The number of urea groups is 1. The lowest BCUT2D eigenvalue weighted by molar-refractivity contribution is 0.251. The Morgan fingerprint density at radius 3 is 2.74 bits per heavy atom. The molecule has 0 saturated heterocycles. The van der Waals surface area contributed by atoms with Gasteiger partial charge in [-0.15, -0.1) is 0 Å². The zero-order chi connectivity index (χ0) is 16.8. The van der Waals surface area contributed by atoms with Crippen LogP contribution in [0.15, 0.2) is 16.7 Å². The summed E-state index contributed by atoms with van der Waals surface area (Å²) in [6, 6.07) is 3.23. The summed E-state index contributed by atoms with van der Waals surface area (Å²) in [4.78, 5) is 16.4. The van der Waals surface area contributed by atoms with Crippen molar-refractivity contribution in [2.24, 2.45) is 0 Å². The molecule has 124 valence electrons. The van der Waals surface area contributed by atoms with Gasteiger partial charge in [-0.2, -0.15) is 0 Å². The second-order valence-corrected chi connectivity index (χ2v) is 5.05. The largest absolute Gasteiger partial charge is 0.493 e. The number of rotatable bonds is 6. The van der Waals surface area contributed by atoms with Gasteiger partial charge in [-0.25, -0.2) is 9.78 Å². The molecule has 0 aliphatic carbocycles. The molecule has 0 aliphatic rings. The first-order valence-electron chi connectivity index (χ1n) is 7.61. The molecule has 7 heteroatoms. The van der Waals surface area contributed by atoms with Crippen molar-refractivity contribution in [2.45, 2.75) is 40.2 Å². The molecule has 0 unspecified atom stereocenters. The van der Waals surface area contributed by atoms with Crippen LogP contribution in [0.2, 0.25) is 0 Å². The molecular weight excluding hydrogens is 296 g/mol. The molecule has 0 spiro atoms. The molecule has 23 heavy (non-hydrogen) atoms. The third kappa shape index (κ3) is 4.00. The van der Waals surface area contributed by atoms with Crippen LogP contribution in [0, 0.1) is 6.92 Å². The number of carbonyl (C=O) groups is 1. The summed E-state index contributed by atoms with van der Waals surface area (Å²) < 4.78 is 10.5.